The normalized spacial score (nSPS) is 14.6. The summed E-state index contributed by atoms with van der Waals surface area (Å²) in [5.74, 6) is 0.866. The van der Waals surface area contributed by atoms with Gasteiger partial charge in [-0.3, -0.25) is 9.69 Å². The molecule has 0 atom stereocenters. The average molecular weight is 516 g/mol. The third-order valence-electron chi connectivity index (χ3n) is 5.04. The summed E-state index contributed by atoms with van der Waals surface area (Å²) in [6, 6.07) is 16.8. The van der Waals surface area contributed by atoms with Gasteiger partial charge in [-0.25, -0.2) is 4.39 Å². The van der Waals surface area contributed by atoms with Crippen molar-refractivity contribution in [2.45, 2.75) is 6.61 Å². The van der Waals surface area contributed by atoms with E-state index in [0.29, 0.717) is 37.7 Å². The number of benzene rings is 3. The predicted molar refractivity (Wildman–Crippen MR) is 137 cm³/mol. The highest BCUT2D eigenvalue weighted by atomic mass is 35.5. The summed E-state index contributed by atoms with van der Waals surface area (Å²) in [7, 11) is 3.09. The number of carbonyl (C=O) groups excluding carboxylic acids is 1. The number of hydrogen-bond donors (Lipinski definition) is 0. The molecule has 1 fully saturated rings. The molecule has 174 valence electrons. The Labute approximate surface area is 211 Å². The summed E-state index contributed by atoms with van der Waals surface area (Å²) >= 11 is 12.8. The van der Waals surface area contributed by atoms with Crippen molar-refractivity contribution >= 4 is 57.6 Å². The molecule has 3 aromatic rings. The van der Waals surface area contributed by atoms with Crippen LogP contribution in [-0.4, -0.2) is 24.4 Å². The number of thioether (sulfide) groups is 1. The number of thiocarbonyl (C=S) groups is 1. The minimum Gasteiger partial charge on any atom is -0.497 e. The van der Waals surface area contributed by atoms with Crippen molar-refractivity contribution in [1.82, 2.24) is 0 Å². The second-order valence-corrected chi connectivity index (χ2v) is 9.20. The van der Waals surface area contributed by atoms with Crippen molar-refractivity contribution in [3.05, 3.63) is 87.5 Å². The van der Waals surface area contributed by atoms with Crippen molar-refractivity contribution < 1.29 is 23.4 Å². The topological polar surface area (TPSA) is 48.0 Å². The van der Waals surface area contributed by atoms with E-state index in [-0.39, 0.29) is 23.1 Å². The second-order valence-electron chi connectivity index (χ2n) is 7.11. The molecule has 0 aliphatic carbocycles. The summed E-state index contributed by atoms with van der Waals surface area (Å²) in [6.45, 7) is -0.0785. The average Bonchev–Trinajstić information content (AvgIpc) is 3.11. The molecule has 0 radical (unpaired) electrons. The van der Waals surface area contributed by atoms with E-state index < -0.39 is 5.82 Å². The lowest BCUT2D eigenvalue weighted by Crippen LogP contribution is -2.27. The van der Waals surface area contributed by atoms with Crippen LogP contribution in [0, 0.1) is 5.82 Å². The first-order valence-corrected chi connectivity index (χ1v) is 11.7. The third-order valence-corrected chi connectivity index (χ3v) is 6.70. The lowest BCUT2D eigenvalue weighted by atomic mass is 10.1. The van der Waals surface area contributed by atoms with E-state index in [4.69, 9.17) is 38.0 Å². The monoisotopic (exact) mass is 515 g/mol. The first-order valence-electron chi connectivity index (χ1n) is 10.1. The van der Waals surface area contributed by atoms with Gasteiger partial charge in [-0.2, -0.15) is 0 Å². The SMILES string of the molecule is COc1ccc(N2C(=O)/C(=C\c3ccc(OC)c(OCc4c(F)cccc4Cl)c3)SC2=S)cc1. The summed E-state index contributed by atoms with van der Waals surface area (Å²) < 4.78 is 30.9. The van der Waals surface area contributed by atoms with Crippen LogP contribution in [0.25, 0.3) is 6.08 Å². The number of hydrogen-bond acceptors (Lipinski definition) is 6. The fourth-order valence-electron chi connectivity index (χ4n) is 3.29. The molecule has 1 amide bonds. The highest BCUT2D eigenvalue weighted by molar-refractivity contribution is 8.27. The summed E-state index contributed by atoms with van der Waals surface area (Å²) in [5, 5.41) is 0.275. The van der Waals surface area contributed by atoms with Gasteiger partial charge in [0.2, 0.25) is 0 Å². The smallest absolute Gasteiger partial charge is 0.270 e. The molecule has 0 N–H and O–H groups in total. The van der Waals surface area contributed by atoms with Gasteiger partial charge in [0.15, 0.2) is 15.8 Å². The van der Waals surface area contributed by atoms with E-state index in [1.807, 2.05) is 0 Å². The molecule has 0 saturated carbocycles. The molecule has 0 aromatic heterocycles. The Hall–Kier alpha value is -3.07. The van der Waals surface area contributed by atoms with Crippen LogP contribution >= 0.6 is 35.6 Å². The number of ether oxygens (including phenoxy) is 3. The van der Waals surface area contributed by atoms with E-state index in [1.54, 1.807) is 61.7 Å². The van der Waals surface area contributed by atoms with Gasteiger partial charge in [0.05, 0.1) is 29.8 Å². The van der Waals surface area contributed by atoms with E-state index in [2.05, 4.69) is 0 Å². The van der Waals surface area contributed by atoms with E-state index in [9.17, 15) is 9.18 Å². The van der Waals surface area contributed by atoms with Gasteiger partial charge in [-0.1, -0.05) is 47.7 Å². The van der Waals surface area contributed by atoms with Gasteiger partial charge in [0.25, 0.3) is 5.91 Å². The lowest BCUT2D eigenvalue weighted by Gasteiger charge is -2.14. The number of amides is 1. The molecule has 1 heterocycles. The van der Waals surface area contributed by atoms with Gasteiger partial charge in [-0.15, -0.1) is 0 Å². The molecule has 0 unspecified atom stereocenters. The number of methoxy groups -OCH3 is 2. The Morgan fingerprint density at radius 2 is 1.82 bits per heavy atom. The van der Waals surface area contributed by atoms with Crippen LogP contribution in [0.2, 0.25) is 5.02 Å². The number of rotatable bonds is 7. The molecular weight excluding hydrogens is 497 g/mol. The van der Waals surface area contributed by atoms with Crippen molar-refractivity contribution in [2.75, 3.05) is 19.1 Å². The van der Waals surface area contributed by atoms with Crippen LogP contribution in [0.15, 0.2) is 65.6 Å². The molecule has 4 rings (SSSR count). The van der Waals surface area contributed by atoms with E-state index >= 15 is 0 Å². The third kappa shape index (κ3) is 5.04. The first-order chi connectivity index (χ1) is 16.4. The Balaban J connectivity index is 1.57. The molecular formula is C25H19ClFNO4S2. The predicted octanol–water partition coefficient (Wildman–Crippen LogP) is 6.48. The zero-order valence-corrected chi connectivity index (χ0v) is 20.6. The minimum absolute atomic E-state index is 0.0785. The van der Waals surface area contributed by atoms with Crippen molar-refractivity contribution in [3.8, 4) is 17.2 Å². The number of halogens is 2. The standard InChI is InChI=1S/C25H19ClFNO4S2/c1-30-17-9-7-16(8-10-17)28-24(29)23(34-25(28)33)13-15-6-11-21(31-2)22(12-15)32-14-18-19(26)4-3-5-20(18)27/h3-13H,14H2,1-2H3/b23-13+. The molecule has 1 aliphatic heterocycles. The molecule has 0 spiro atoms. The van der Waals surface area contributed by atoms with Gasteiger partial charge < -0.3 is 14.2 Å². The van der Waals surface area contributed by atoms with Crippen LogP contribution in [0.5, 0.6) is 17.2 Å². The van der Waals surface area contributed by atoms with Crippen LogP contribution in [-0.2, 0) is 11.4 Å². The maximum atomic E-state index is 14.1. The maximum Gasteiger partial charge on any atom is 0.270 e. The van der Waals surface area contributed by atoms with Crippen LogP contribution in [0.4, 0.5) is 10.1 Å². The van der Waals surface area contributed by atoms with Crippen molar-refractivity contribution in [2.24, 2.45) is 0 Å². The van der Waals surface area contributed by atoms with Crippen LogP contribution < -0.4 is 19.1 Å². The zero-order chi connectivity index (χ0) is 24.2. The molecule has 34 heavy (non-hydrogen) atoms. The molecule has 1 aliphatic rings. The largest absolute Gasteiger partial charge is 0.497 e. The lowest BCUT2D eigenvalue weighted by molar-refractivity contribution is -0.113. The van der Waals surface area contributed by atoms with Crippen molar-refractivity contribution in [3.63, 3.8) is 0 Å². The highest BCUT2D eigenvalue weighted by Crippen LogP contribution is 2.38. The fourth-order valence-corrected chi connectivity index (χ4v) is 4.81. The molecule has 0 bridgehead atoms. The second kappa shape index (κ2) is 10.5. The Bertz CT molecular complexity index is 1260. The molecule has 9 heteroatoms. The zero-order valence-electron chi connectivity index (χ0n) is 18.2. The molecule has 5 nitrogen and oxygen atoms in total. The van der Waals surface area contributed by atoms with Crippen LogP contribution in [0.3, 0.4) is 0 Å². The van der Waals surface area contributed by atoms with Crippen LogP contribution in [0.1, 0.15) is 11.1 Å². The minimum atomic E-state index is -0.454. The maximum absolute atomic E-state index is 14.1. The Morgan fingerprint density at radius 1 is 1.06 bits per heavy atom. The molecule has 1 saturated heterocycles. The van der Waals surface area contributed by atoms with Gasteiger partial charge in [-0.05, 0) is 60.2 Å². The van der Waals surface area contributed by atoms with Gasteiger partial charge in [0.1, 0.15) is 18.2 Å². The van der Waals surface area contributed by atoms with E-state index in [1.165, 1.54) is 35.9 Å². The summed E-state index contributed by atoms with van der Waals surface area (Å²) in [4.78, 5) is 15.0. The van der Waals surface area contributed by atoms with Gasteiger partial charge in [0, 0.05) is 5.56 Å². The Kier molecular flexibility index (Phi) is 7.41. The first kappa shape index (κ1) is 24.1. The van der Waals surface area contributed by atoms with Gasteiger partial charge >= 0.3 is 0 Å². The molecule has 3 aromatic carbocycles. The van der Waals surface area contributed by atoms with Crippen molar-refractivity contribution in [1.29, 1.82) is 0 Å². The quantitative estimate of drug-likeness (QED) is 0.265. The summed E-state index contributed by atoms with van der Waals surface area (Å²) in [6.07, 6.45) is 1.73. The number of nitrogens with zero attached hydrogens (tertiary/aromatic N) is 1. The highest BCUT2D eigenvalue weighted by Gasteiger charge is 2.33. The summed E-state index contributed by atoms with van der Waals surface area (Å²) in [5.41, 5.74) is 1.61. The Morgan fingerprint density at radius 3 is 2.50 bits per heavy atom. The number of anilines is 1. The fraction of sp³-hybridized carbons (Fsp3) is 0.120. The van der Waals surface area contributed by atoms with E-state index in [0.717, 1.165) is 0 Å². The number of carbonyl (C=O) groups is 1.